The first-order chi connectivity index (χ1) is 9.68. The largest absolute Gasteiger partial charge is 0.389 e. The van der Waals surface area contributed by atoms with Gasteiger partial charge >= 0.3 is 0 Å². The molecule has 0 amide bonds. The molecule has 1 aliphatic heterocycles. The van der Waals surface area contributed by atoms with Crippen LogP contribution in [0.4, 0.5) is 5.82 Å². The van der Waals surface area contributed by atoms with Crippen molar-refractivity contribution in [3.8, 4) is 0 Å². The Bertz CT molecular complexity index is 508. The molecule has 4 heteroatoms. The van der Waals surface area contributed by atoms with Crippen molar-refractivity contribution >= 4 is 23.0 Å². The maximum atomic E-state index is 5.95. The van der Waals surface area contributed by atoms with E-state index in [9.17, 15) is 0 Å². The number of pyridine rings is 1. The van der Waals surface area contributed by atoms with E-state index in [0.717, 1.165) is 29.4 Å². The first-order valence-electron chi connectivity index (χ1n) is 7.70. The van der Waals surface area contributed by atoms with E-state index < -0.39 is 0 Å². The number of aryl methyl sites for hydroxylation is 1. The van der Waals surface area contributed by atoms with Gasteiger partial charge in [-0.25, -0.2) is 4.98 Å². The lowest BCUT2D eigenvalue weighted by Crippen LogP contribution is -2.36. The molecule has 1 saturated heterocycles. The van der Waals surface area contributed by atoms with E-state index in [1.165, 1.54) is 38.5 Å². The van der Waals surface area contributed by atoms with Crippen molar-refractivity contribution in [2.75, 3.05) is 11.4 Å². The summed E-state index contributed by atoms with van der Waals surface area (Å²) in [5, 5.41) is 0. The number of nitrogens with two attached hydrogens (primary N) is 1. The summed E-state index contributed by atoms with van der Waals surface area (Å²) in [4.78, 5) is 7.58. The molecule has 3 nitrogen and oxygen atoms in total. The van der Waals surface area contributed by atoms with Crippen molar-refractivity contribution in [3.05, 3.63) is 23.4 Å². The lowest BCUT2D eigenvalue weighted by molar-refractivity contribution is 0.429. The number of hydrogen-bond acceptors (Lipinski definition) is 3. The molecule has 0 spiro atoms. The Labute approximate surface area is 126 Å². The molecule has 1 aromatic heterocycles. The Morgan fingerprint density at radius 3 is 2.75 bits per heavy atom. The Hall–Kier alpha value is -1.16. The Morgan fingerprint density at radius 2 is 2.05 bits per heavy atom. The third kappa shape index (κ3) is 2.41. The van der Waals surface area contributed by atoms with Crippen molar-refractivity contribution in [1.82, 2.24) is 4.98 Å². The van der Waals surface area contributed by atoms with Crippen molar-refractivity contribution in [3.63, 3.8) is 0 Å². The zero-order valence-corrected chi connectivity index (χ0v) is 13.0. The van der Waals surface area contributed by atoms with Crippen LogP contribution in [0.15, 0.2) is 12.3 Å². The highest BCUT2D eigenvalue weighted by Gasteiger charge is 2.35. The van der Waals surface area contributed by atoms with Crippen molar-refractivity contribution in [2.45, 2.75) is 51.5 Å². The van der Waals surface area contributed by atoms with Gasteiger partial charge in [-0.1, -0.05) is 25.1 Å². The lowest BCUT2D eigenvalue weighted by atomic mass is 9.95. The second-order valence-corrected chi connectivity index (χ2v) is 6.58. The monoisotopic (exact) mass is 289 g/mol. The molecule has 2 N–H and O–H groups in total. The zero-order valence-electron chi connectivity index (χ0n) is 12.1. The van der Waals surface area contributed by atoms with E-state index in [1.54, 1.807) is 0 Å². The minimum atomic E-state index is 0.475. The van der Waals surface area contributed by atoms with Crippen LogP contribution in [0.1, 0.15) is 49.7 Å². The van der Waals surface area contributed by atoms with E-state index in [0.29, 0.717) is 11.0 Å². The first-order valence-corrected chi connectivity index (χ1v) is 8.11. The Balaban J connectivity index is 1.95. The quantitative estimate of drug-likeness (QED) is 0.868. The third-order valence-corrected chi connectivity index (χ3v) is 5.11. The normalized spacial score (nSPS) is 23.4. The van der Waals surface area contributed by atoms with Gasteiger partial charge in [0, 0.05) is 18.8 Å². The standard InChI is InChI=1S/C16H23N3S/c1-11-8-9-18-16(14(11)15(17)20)19-10-4-7-13(19)12-5-2-3-6-12/h8-9,12-13H,2-7,10H2,1H3,(H2,17,20). The highest BCUT2D eigenvalue weighted by atomic mass is 32.1. The van der Waals surface area contributed by atoms with Gasteiger partial charge in [-0.3, -0.25) is 0 Å². The summed E-state index contributed by atoms with van der Waals surface area (Å²) in [6.45, 7) is 3.16. The van der Waals surface area contributed by atoms with Gasteiger partial charge in [0.1, 0.15) is 10.8 Å². The van der Waals surface area contributed by atoms with Crippen LogP contribution < -0.4 is 10.6 Å². The van der Waals surface area contributed by atoms with Crippen LogP contribution in [0.5, 0.6) is 0 Å². The summed E-state index contributed by atoms with van der Waals surface area (Å²) in [5.41, 5.74) is 8.06. The topological polar surface area (TPSA) is 42.2 Å². The maximum Gasteiger partial charge on any atom is 0.139 e. The molecule has 0 bridgehead atoms. The summed E-state index contributed by atoms with van der Waals surface area (Å²) in [7, 11) is 0. The van der Waals surface area contributed by atoms with Crippen LogP contribution in [0.2, 0.25) is 0 Å². The van der Waals surface area contributed by atoms with Crippen LogP contribution in [-0.2, 0) is 0 Å². The minimum absolute atomic E-state index is 0.475. The zero-order chi connectivity index (χ0) is 14.1. The van der Waals surface area contributed by atoms with Crippen molar-refractivity contribution < 1.29 is 0 Å². The molecule has 20 heavy (non-hydrogen) atoms. The van der Waals surface area contributed by atoms with Gasteiger partial charge in [0.2, 0.25) is 0 Å². The highest BCUT2D eigenvalue weighted by Crippen LogP contribution is 2.38. The number of nitrogens with zero attached hydrogens (tertiary/aromatic N) is 2. The first kappa shape index (κ1) is 13.8. The van der Waals surface area contributed by atoms with E-state index in [1.807, 2.05) is 12.3 Å². The van der Waals surface area contributed by atoms with Gasteiger partial charge in [0.15, 0.2) is 0 Å². The number of thiocarbonyl (C=S) groups is 1. The average molecular weight is 289 g/mol. The van der Waals surface area contributed by atoms with Crippen LogP contribution in [0.25, 0.3) is 0 Å². The molecule has 1 atom stereocenters. The lowest BCUT2D eigenvalue weighted by Gasteiger charge is -2.32. The molecular weight excluding hydrogens is 266 g/mol. The second-order valence-electron chi connectivity index (χ2n) is 6.14. The van der Waals surface area contributed by atoms with Crippen molar-refractivity contribution in [1.29, 1.82) is 0 Å². The second kappa shape index (κ2) is 5.68. The molecule has 0 aromatic carbocycles. The van der Waals surface area contributed by atoms with E-state index in [4.69, 9.17) is 18.0 Å². The van der Waals surface area contributed by atoms with Crippen LogP contribution >= 0.6 is 12.2 Å². The number of hydrogen-bond donors (Lipinski definition) is 1. The van der Waals surface area contributed by atoms with Gasteiger partial charge in [-0.05, 0) is 50.2 Å². The fraction of sp³-hybridized carbons (Fsp3) is 0.625. The summed E-state index contributed by atoms with van der Waals surface area (Å²) in [6.07, 6.45) is 9.95. The third-order valence-electron chi connectivity index (χ3n) is 4.90. The predicted molar refractivity (Wildman–Crippen MR) is 87.2 cm³/mol. The van der Waals surface area contributed by atoms with Crippen LogP contribution in [0, 0.1) is 12.8 Å². The fourth-order valence-electron chi connectivity index (χ4n) is 3.95. The van der Waals surface area contributed by atoms with Gasteiger partial charge in [-0.15, -0.1) is 0 Å². The van der Waals surface area contributed by atoms with Gasteiger partial charge in [0.05, 0.1) is 5.56 Å². The molecule has 1 aliphatic carbocycles. The van der Waals surface area contributed by atoms with E-state index in [2.05, 4.69) is 16.8 Å². The molecule has 3 rings (SSSR count). The van der Waals surface area contributed by atoms with E-state index in [-0.39, 0.29) is 0 Å². The minimum Gasteiger partial charge on any atom is -0.389 e. The molecule has 2 aliphatic rings. The Kier molecular flexibility index (Phi) is 3.92. The molecule has 1 saturated carbocycles. The van der Waals surface area contributed by atoms with Crippen LogP contribution in [0.3, 0.4) is 0 Å². The fourth-order valence-corrected chi connectivity index (χ4v) is 4.21. The molecule has 108 valence electrons. The van der Waals surface area contributed by atoms with Gasteiger partial charge < -0.3 is 10.6 Å². The van der Waals surface area contributed by atoms with Crippen LogP contribution in [-0.4, -0.2) is 22.6 Å². The maximum absolute atomic E-state index is 5.95. The summed E-state index contributed by atoms with van der Waals surface area (Å²) < 4.78 is 0. The smallest absolute Gasteiger partial charge is 0.139 e. The number of anilines is 1. The molecule has 2 heterocycles. The van der Waals surface area contributed by atoms with E-state index >= 15 is 0 Å². The van der Waals surface area contributed by atoms with Gasteiger partial charge in [-0.2, -0.15) is 0 Å². The van der Waals surface area contributed by atoms with Crippen molar-refractivity contribution in [2.24, 2.45) is 11.7 Å². The summed E-state index contributed by atoms with van der Waals surface area (Å²) in [5.74, 6) is 1.85. The highest BCUT2D eigenvalue weighted by molar-refractivity contribution is 7.80. The molecule has 1 unspecified atom stereocenters. The number of rotatable bonds is 3. The summed E-state index contributed by atoms with van der Waals surface area (Å²) >= 11 is 5.26. The molecule has 1 aromatic rings. The molecule has 0 radical (unpaired) electrons. The van der Waals surface area contributed by atoms with Gasteiger partial charge in [0.25, 0.3) is 0 Å². The SMILES string of the molecule is Cc1ccnc(N2CCCC2C2CCCC2)c1C(N)=S. The number of aromatic nitrogens is 1. The summed E-state index contributed by atoms with van der Waals surface area (Å²) in [6, 6.07) is 2.64. The predicted octanol–water partition coefficient (Wildman–Crippen LogP) is 3.18. The molecular formula is C16H23N3S. The Morgan fingerprint density at radius 1 is 1.30 bits per heavy atom. The molecule has 2 fully saturated rings. The average Bonchev–Trinajstić information content (AvgIpc) is 3.08.